The van der Waals surface area contributed by atoms with Crippen molar-refractivity contribution in [2.75, 3.05) is 0 Å². The molecule has 1 aromatic rings. The molecule has 2 N–H and O–H groups in total. The fraction of sp³-hybridized carbons (Fsp3) is 0.600. The topological polar surface area (TPSA) is 26.0 Å². The van der Waals surface area contributed by atoms with Crippen LogP contribution in [0.25, 0.3) is 0 Å². The van der Waals surface area contributed by atoms with E-state index in [-0.39, 0.29) is 11.1 Å². The number of rotatable bonds is 2. The van der Waals surface area contributed by atoms with E-state index in [1.165, 1.54) is 16.7 Å². The predicted molar refractivity (Wildman–Crippen MR) is 53.6 cm³/mol. The summed E-state index contributed by atoms with van der Waals surface area (Å²) in [6.07, 6.45) is 1.70. The van der Waals surface area contributed by atoms with Crippen LogP contribution in [0, 0.1) is 0 Å². The largest absolute Gasteiger partial charge is 0.321 e. The van der Waals surface area contributed by atoms with E-state index in [0.717, 1.165) is 30.6 Å². The van der Waals surface area contributed by atoms with Gasteiger partial charge < -0.3 is 5.73 Å². The molecule has 14 heavy (non-hydrogen) atoms. The first kappa shape index (κ1) is 10.1. The number of halogens is 2. The van der Waals surface area contributed by atoms with Crippen LogP contribution >= 0.6 is 11.3 Å². The van der Waals surface area contributed by atoms with Gasteiger partial charge in [-0.25, -0.2) is 8.78 Å². The molecule has 0 saturated heterocycles. The number of hydrogen-bond acceptors (Lipinski definition) is 2. The van der Waals surface area contributed by atoms with E-state index in [4.69, 9.17) is 5.73 Å². The van der Waals surface area contributed by atoms with Crippen molar-refractivity contribution in [3.8, 4) is 0 Å². The van der Waals surface area contributed by atoms with E-state index < -0.39 is 6.43 Å². The summed E-state index contributed by atoms with van der Waals surface area (Å²) in [5.41, 5.74) is 5.95. The minimum absolute atomic E-state index is 0.113. The van der Waals surface area contributed by atoms with Gasteiger partial charge in [-0.05, 0) is 24.3 Å². The van der Waals surface area contributed by atoms with E-state index in [9.17, 15) is 8.78 Å². The number of alkyl halides is 2. The summed E-state index contributed by atoms with van der Waals surface area (Å²) in [5, 5.41) is 1.52. The van der Waals surface area contributed by atoms with Crippen LogP contribution in [0.3, 0.4) is 0 Å². The van der Waals surface area contributed by atoms with Crippen molar-refractivity contribution in [3.05, 3.63) is 21.9 Å². The lowest BCUT2D eigenvalue weighted by molar-refractivity contribution is 0.152. The van der Waals surface area contributed by atoms with E-state index >= 15 is 0 Å². The van der Waals surface area contributed by atoms with Crippen LogP contribution in [0.1, 0.15) is 42.5 Å². The lowest BCUT2D eigenvalue weighted by Crippen LogP contribution is -2.31. The molecule has 0 bridgehead atoms. The van der Waals surface area contributed by atoms with E-state index in [1.807, 2.05) is 0 Å². The molecule has 78 valence electrons. The molecule has 0 spiro atoms. The summed E-state index contributed by atoms with van der Waals surface area (Å²) in [5.74, 6) is 0. The Morgan fingerprint density at radius 3 is 2.50 bits per heavy atom. The Balaban J connectivity index is 2.23. The van der Waals surface area contributed by atoms with Crippen LogP contribution in [0.15, 0.2) is 11.4 Å². The molecule has 1 aromatic heterocycles. The first-order valence-electron chi connectivity index (χ1n) is 4.78. The summed E-state index contributed by atoms with van der Waals surface area (Å²) in [6, 6.07) is 1.57. The number of thiophene rings is 1. The molecular weight excluding hydrogens is 204 g/mol. The second-order valence-electron chi connectivity index (χ2n) is 3.91. The van der Waals surface area contributed by atoms with Crippen LogP contribution < -0.4 is 5.73 Å². The highest BCUT2D eigenvalue weighted by molar-refractivity contribution is 7.10. The monoisotopic (exact) mass is 217 g/mol. The standard InChI is InChI=1S/C10H13F2NS/c11-9(12)7-5-8(14-6-7)10(13)3-1-2-4-10/h5-6,9H,1-4,13H2. The van der Waals surface area contributed by atoms with Crippen molar-refractivity contribution in [1.82, 2.24) is 0 Å². The average molecular weight is 217 g/mol. The van der Waals surface area contributed by atoms with E-state index in [2.05, 4.69) is 0 Å². The zero-order chi connectivity index (χ0) is 10.2. The molecule has 0 aliphatic heterocycles. The SMILES string of the molecule is NC1(c2cc(C(F)F)cs2)CCCC1. The highest BCUT2D eigenvalue weighted by Crippen LogP contribution is 2.40. The van der Waals surface area contributed by atoms with Crippen molar-refractivity contribution in [2.45, 2.75) is 37.6 Å². The maximum absolute atomic E-state index is 12.4. The Labute approximate surface area is 85.9 Å². The fourth-order valence-electron chi connectivity index (χ4n) is 1.98. The molecule has 1 aliphatic carbocycles. The van der Waals surface area contributed by atoms with Crippen molar-refractivity contribution >= 4 is 11.3 Å². The number of nitrogens with two attached hydrogens (primary N) is 1. The molecule has 1 heterocycles. The Morgan fingerprint density at radius 1 is 1.36 bits per heavy atom. The third-order valence-corrected chi connectivity index (χ3v) is 4.03. The van der Waals surface area contributed by atoms with Gasteiger partial charge in [0.1, 0.15) is 0 Å². The van der Waals surface area contributed by atoms with E-state index in [0.29, 0.717) is 0 Å². The molecule has 0 atom stereocenters. The predicted octanol–water partition coefficient (Wildman–Crippen LogP) is 3.41. The lowest BCUT2D eigenvalue weighted by atomic mass is 9.97. The Kier molecular flexibility index (Phi) is 2.58. The first-order valence-corrected chi connectivity index (χ1v) is 5.66. The van der Waals surface area contributed by atoms with Crippen molar-refractivity contribution in [1.29, 1.82) is 0 Å². The van der Waals surface area contributed by atoms with Crippen LogP contribution in [0.4, 0.5) is 8.78 Å². The van der Waals surface area contributed by atoms with Gasteiger partial charge in [0.25, 0.3) is 6.43 Å². The molecule has 0 unspecified atom stereocenters. The molecule has 0 aromatic carbocycles. The third-order valence-electron chi connectivity index (χ3n) is 2.86. The van der Waals surface area contributed by atoms with Gasteiger partial charge in [-0.1, -0.05) is 12.8 Å². The summed E-state index contributed by atoms with van der Waals surface area (Å²) < 4.78 is 24.7. The quantitative estimate of drug-likeness (QED) is 0.807. The molecule has 1 aliphatic rings. The summed E-state index contributed by atoms with van der Waals surface area (Å²) in [7, 11) is 0. The fourth-order valence-corrected chi connectivity index (χ4v) is 3.06. The molecule has 0 amide bonds. The van der Waals surface area contributed by atoms with Gasteiger partial charge in [-0.15, -0.1) is 11.3 Å². The normalized spacial score (nSPS) is 20.6. The second-order valence-corrected chi connectivity index (χ2v) is 4.82. The van der Waals surface area contributed by atoms with Gasteiger partial charge in [-0.2, -0.15) is 0 Å². The molecule has 1 saturated carbocycles. The highest BCUT2D eigenvalue weighted by atomic mass is 32.1. The molecule has 2 rings (SSSR count). The minimum atomic E-state index is -2.37. The molecule has 1 nitrogen and oxygen atoms in total. The first-order chi connectivity index (χ1) is 6.62. The smallest absolute Gasteiger partial charge is 0.264 e. The second kappa shape index (κ2) is 3.59. The van der Waals surface area contributed by atoms with Gasteiger partial charge >= 0.3 is 0 Å². The minimum Gasteiger partial charge on any atom is -0.321 e. The third kappa shape index (κ3) is 1.68. The van der Waals surface area contributed by atoms with Crippen LogP contribution in [-0.2, 0) is 5.54 Å². The Hall–Kier alpha value is -0.480. The van der Waals surface area contributed by atoms with Crippen molar-refractivity contribution in [3.63, 3.8) is 0 Å². The van der Waals surface area contributed by atoms with Crippen molar-refractivity contribution < 1.29 is 8.78 Å². The van der Waals surface area contributed by atoms with Gasteiger partial charge in [-0.3, -0.25) is 0 Å². The molecule has 4 heteroatoms. The van der Waals surface area contributed by atoms with Crippen molar-refractivity contribution in [2.24, 2.45) is 5.73 Å². The zero-order valence-corrected chi connectivity index (χ0v) is 8.62. The summed E-state index contributed by atoms with van der Waals surface area (Å²) in [4.78, 5) is 0.922. The van der Waals surface area contributed by atoms with Gasteiger partial charge in [0.15, 0.2) is 0 Å². The summed E-state index contributed by atoms with van der Waals surface area (Å²) >= 11 is 1.37. The molecular formula is C10H13F2NS. The maximum Gasteiger partial charge on any atom is 0.264 e. The van der Waals surface area contributed by atoms with Crippen LogP contribution in [-0.4, -0.2) is 0 Å². The average Bonchev–Trinajstić information content (AvgIpc) is 2.71. The van der Waals surface area contributed by atoms with Gasteiger partial charge in [0.2, 0.25) is 0 Å². The Bertz CT molecular complexity index is 316. The number of hydrogen-bond donors (Lipinski definition) is 1. The Morgan fingerprint density at radius 2 is 2.00 bits per heavy atom. The highest BCUT2D eigenvalue weighted by Gasteiger charge is 2.33. The van der Waals surface area contributed by atoms with Crippen LogP contribution in [0.5, 0.6) is 0 Å². The van der Waals surface area contributed by atoms with Crippen LogP contribution in [0.2, 0.25) is 0 Å². The van der Waals surface area contributed by atoms with Gasteiger partial charge in [0, 0.05) is 10.4 Å². The molecule has 0 radical (unpaired) electrons. The molecule has 1 fully saturated rings. The van der Waals surface area contributed by atoms with E-state index in [1.54, 1.807) is 6.07 Å². The zero-order valence-electron chi connectivity index (χ0n) is 7.80. The maximum atomic E-state index is 12.4. The van der Waals surface area contributed by atoms with Gasteiger partial charge in [0.05, 0.1) is 5.54 Å². The summed E-state index contributed by atoms with van der Waals surface area (Å²) in [6.45, 7) is 0. The lowest BCUT2D eigenvalue weighted by Gasteiger charge is -2.21.